The molecule has 0 amide bonds. The maximum Gasteiger partial charge on any atom is 0.107 e. The summed E-state index contributed by atoms with van der Waals surface area (Å²) in [4.78, 5) is 4.43. The summed E-state index contributed by atoms with van der Waals surface area (Å²) in [6.07, 6.45) is 5.97. The van der Waals surface area contributed by atoms with Crippen molar-refractivity contribution in [1.82, 2.24) is 13.7 Å². The molecule has 5 heteroatoms. The van der Waals surface area contributed by atoms with Gasteiger partial charge in [0.2, 0.25) is 0 Å². The van der Waals surface area contributed by atoms with E-state index in [4.69, 9.17) is 0 Å². The average molecular weight is 247 g/mol. The molecule has 4 nitrogen and oxygen atoms in total. The highest BCUT2D eigenvalue weighted by Gasteiger charge is 2.29. The van der Waals surface area contributed by atoms with Crippen LogP contribution in [0.25, 0.3) is 0 Å². The fourth-order valence-corrected chi connectivity index (χ4v) is 2.91. The molecule has 3 rings (SSSR count). The Hall–Kier alpha value is -1.33. The Kier molecular flexibility index (Phi) is 2.86. The zero-order chi connectivity index (χ0) is 11.7. The van der Waals surface area contributed by atoms with Gasteiger partial charge in [0.25, 0.3) is 0 Å². The van der Waals surface area contributed by atoms with Crippen LogP contribution >= 0.6 is 11.7 Å². The van der Waals surface area contributed by atoms with Crippen molar-refractivity contribution < 1.29 is 5.11 Å². The summed E-state index contributed by atoms with van der Waals surface area (Å²) in [5, 5.41) is 10.3. The molecule has 0 aromatic carbocycles. The Balaban J connectivity index is 1.95. The van der Waals surface area contributed by atoms with Gasteiger partial charge in [0, 0.05) is 17.8 Å². The van der Waals surface area contributed by atoms with Crippen LogP contribution in [0.15, 0.2) is 24.5 Å². The molecule has 1 aliphatic rings. The van der Waals surface area contributed by atoms with E-state index in [0.29, 0.717) is 5.69 Å². The van der Waals surface area contributed by atoms with Crippen LogP contribution in [0.3, 0.4) is 0 Å². The number of rotatable bonds is 2. The summed E-state index contributed by atoms with van der Waals surface area (Å²) in [7, 11) is 0. The van der Waals surface area contributed by atoms with Gasteiger partial charge in [0.1, 0.15) is 11.8 Å². The lowest BCUT2D eigenvalue weighted by atomic mass is 9.82. The van der Waals surface area contributed by atoms with Gasteiger partial charge in [-0.15, -0.1) is 0 Å². The van der Waals surface area contributed by atoms with E-state index in [1.54, 1.807) is 12.4 Å². The smallest absolute Gasteiger partial charge is 0.107 e. The highest BCUT2D eigenvalue weighted by atomic mass is 32.1. The molecule has 0 saturated heterocycles. The Morgan fingerprint density at radius 3 is 3.24 bits per heavy atom. The predicted molar refractivity (Wildman–Crippen MR) is 64.8 cm³/mol. The number of aliphatic hydroxyl groups is 1. The number of hydrogen-bond acceptors (Lipinski definition) is 5. The molecule has 88 valence electrons. The van der Waals surface area contributed by atoms with Crippen molar-refractivity contribution in [3.05, 3.63) is 41.5 Å². The lowest BCUT2D eigenvalue weighted by Crippen LogP contribution is -2.18. The van der Waals surface area contributed by atoms with Gasteiger partial charge in [0.05, 0.1) is 17.9 Å². The van der Waals surface area contributed by atoms with E-state index in [9.17, 15) is 5.11 Å². The molecule has 0 saturated carbocycles. The first-order valence-corrected chi connectivity index (χ1v) is 6.48. The molecule has 0 bridgehead atoms. The van der Waals surface area contributed by atoms with Crippen LogP contribution < -0.4 is 0 Å². The predicted octanol–water partition coefficient (Wildman–Crippen LogP) is 2.09. The number of fused-ring (bicyclic) bond motifs is 1. The second kappa shape index (κ2) is 4.50. The Morgan fingerprint density at radius 2 is 2.41 bits per heavy atom. The molecule has 1 aliphatic carbocycles. The normalized spacial score (nSPS) is 20.9. The van der Waals surface area contributed by atoms with Gasteiger partial charge < -0.3 is 5.11 Å². The van der Waals surface area contributed by atoms with Crippen molar-refractivity contribution in [2.75, 3.05) is 0 Å². The quantitative estimate of drug-likeness (QED) is 0.882. The fourth-order valence-electron chi connectivity index (χ4n) is 2.46. The fraction of sp³-hybridized carbons (Fsp3) is 0.417. The number of aliphatic hydroxyl groups excluding tert-OH is 1. The molecular weight excluding hydrogens is 234 g/mol. The second-order valence-corrected chi connectivity index (χ2v) is 4.88. The van der Waals surface area contributed by atoms with Crippen LogP contribution in [0.4, 0.5) is 0 Å². The molecule has 0 aliphatic heterocycles. The summed E-state index contributed by atoms with van der Waals surface area (Å²) in [5.74, 6) is 0.0591. The maximum absolute atomic E-state index is 10.3. The van der Waals surface area contributed by atoms with Gasteiger partial charge >= 0.3 is 0 Å². The van der Waals surface area contributed by atoms with Crippen LogP contribution in [0.5, 0.6) is 0 Å². The van der Waals surface area contributed by atoms with Gasteiger partial charge in [-0.05, 0) is 30.9 Å². The third-order valence-corrected chi connectivity index (χ3v) is 3.79. The first-order valence-electron chi connectivity index (χ1n) is 5.75. The second-order valence-electron chi connectivity index (χ2n) is 4.32. The summed E-state index contributed by atoms with van der Waals surface area (Å²) >= 11 is 1.13. The summed E-state index contributed by atoms with van der Waals surface area (Å²) in [6.45, 7) is 0. The Bertz CT molecular complexity index is 500. The van der Waals surface area contributed by atoms with Crippen molar-refractivity contribution >= 4 is 11.7 Å². The van der Waals surface area contributed by atoms with Gasteiger partial charge in [0.15, 0.2) is 0 Å². The lowest BCUT2D eigenvalue weighted by Gasteiger charge is -2.27. The van der Waals surface area contributed by atoms with E-state index in [1.807, 2.05) is 6.07 Å². The van der Waals surface area contributed by atoms with Gasteiger partial charge in [-0.1, -0.05) is 6.07 Å². The molecule has 17 heavy (non-hydrogen) atoms. The monoisotopic (exact) mass is 247 g/mol. The topological polar surface area (TPSA) is 58.9 Å². The molecule has 0 fully saturated rings. The summed E-state index contributed by atoms with van der Waals surface area (Å²) in [5.41, 5.74) is 2.95. The largest absolute Gasteiger partial charge is 0.386 e. The van der Waals surface area contributed by atoms with Crippen molar-refractivity contribution in [1.29, 1.82) is 0 Å². The van der Waals surface area contributed by atoms with E-state index in [1.165, 1.54) is 5.56 Å². The maximum atomic E-state index is 10.3. The minimum Gasteiger partial charge on any atom is -0.386 e. The molecule has 2 heterocycles. The highest BCUT2D eigenvalue weighted by molar-refractivity contribution is 6.99. The SMILES string of the molecule is OC(c1cnsn1)C1CCCc2cccnc21. The standard InChI is InChI=1S/C12H13N3OS/c16-12(10-7-14-17-15-10)9-5-1-3-8-4-2-6-13-11(8)9/h2,4,6-7,9,12,16H,1,3,5H2. The van der Waals surface area contributed by atoms with Gasteiger partial charge in [-0.25, -0.2) is 0 Å². The molecule has 0 spiro atoms. The number of aryl methyl sites for hydroxylation is 1. The zero-order valence-corrected chi connectivity index (χ0v) is 10.1. The highest BCUT2D eigenvalue weighted by Crippen LogP contribution is 2.38. The Labute approximate surface area is 104 Å². The van der Waals surface area contributed by atoms with Crippen molar-refractivity contribution in [3.63, 3.8) is 0 Å². The van der Waals surface area contributed by atoms with E-state index < -0.39 is 6.10 Å². The van der Waals surface area contributed by atoms with E-state index in [-0.39, 0.29) is 5.92 Å². The van der Waals surface area contributed by atoms with Crippen molar-refractivity contribution in [2.45, 2.75) is 31.3 Å². The van der Waals surface area contributed by atoms with Gasteiger partial charge in [-0.2, -0.15) is 8.75 Å². The minimum absolute atomic E-state index is 0.0591. The number of hydrogen-bond donors (Lipinski definition) is 1. The van der Waals surface area contributed by atoms with E-state index >= 15 is 0 Å². The van der Waals surface area contributed by atoms with Crippen molar-refractivity contribution in [2.24, 2.45) is 0 Å². The summed E-state index contributed by atoms with van der Waals surface area (Å²) < 4.78 is 8.06. The van der Waals surface area contributed by atoms with Crippen LogP contribution in [-0.4, -0.2) is 18.8 Å². The van der Waals surface area contributed by atoms with E-state index in [2.05, 4.69) is 19.8 Å². The molecular formula is C12H13N3OS. The van der Waals surface area contributed by atoms with Gasteiger partial charge in [-0.3, -0.25) is 4.98 Å². The zero-order valence-electron chi connectivity index (χ0n) is 9.28. The number of pyridine rings is 1. The van der Waals surface area contributed by atoms with Crippen LogP contribution in [0.2, 0.25) is 0 Å². The number of aromatic nitrogens is 3. The molecule has 2 aromatic heterocycles. The molecule has 1 N–H and O–H groups in total. The molecule has 2 aromatic rings. The van der Waals surface area contributed by atoms with Crippen molar-refractivity contribution in [3.8, 4) is 0 Å². The molecule has 2 atom stereocenters. The van der Waals surface area contributed by atoms with E-state index in [0.717, 1.165) is 36.7 Å². The third kappa shape index (κ3) is 1.96. The van der Waals surface area contributed by atoms with Crippen LogP contribution in [0.1, 0.15) is 41.8 Å². The minimum atomic E-state index is -0.581. The molecule has 0 radical (unpaired) electrons. The lowest BCUT2D eigenvalue weighted by molar-refractivity contribution is 0.130. The average Bonchev–Trinajstić information content (AvgIpc) is 2.91. The first kappa shape index (κ1) is 10.8. The first-order chi connectivity index (χ1) is 8.36. The number of nitrogens with zero attached hydrogens (tertiary/aromatic N) is 3. The third-order valence-electron chi connectivity index (χ3n) is 3.30. The summed E-state index contributed by atoms with van der Waals surface area (Å²) in [6, 6.07) is 4.05. The molecule has 2 unspecified atom stereocenters. The van der Waals surface area contributed by atoms with Crippen LogP contribution in [0, 0.1) is 0 Å². The Morgan fingerprint density at radius 1 is 1.47 bits per heavy atom. The van der Waals surface area contributed by atoms with Crippen LogP contribution in [-0.2, 0) is 6.42 Å².